The fourth-order valence-corrected chi connectivity index (χ4v) is 1.88. The number of carbonyl (C=O) groups is 1. The number of carboxylic acid groups (broad SMARTS) is 1. The van der Waals surface area contributed by atoms with E-state index in [2.05, 4.69) is 15.9 Å². The van der Waals surface area contributed by atoms with E-state index in [4.69, 9.17) is 9.84 Å². The van der Waals surface area contributed by atoms with Crippen LogP contribution in [0.15, 0.2) is 16.6 Å². The predicted molar refractivity (Wildman–Crippen MR) is 67.3 cm³/mol. The normalized spacial score (nSPS) is 12.2. The van der Waals surface area contributed by atoms with Crippen molar-refractivity contribution in [3.05, 3.63) is 27.7 Å². The first-order valence-corrected chi connectivity index (χ1v) is 5.99. The molecular weight excluding hydrogens is 288 g/mol. The molecule has 5 heteroatoms. The largest absolute Gasteiger partial charge is 0.496 e. The Labute approximate surface area is 108 Å². The van der Waals surface area contributed by atoms with Gasteiger partial charge in [-0.15, -0.1) is 0 Å². The maximum absolute atomic E-state index is 10.5. The average Bonchev–Trinajstić information content (AvgIpc) is 2.28. The molecule has 1 aromatic carbocycles. The Hall–Kier alpha value is -1.07. The van der Waals surface area contributed by atoms with Crippen LogP contribution in [0.5, 0.6) is 5.75 Å². The number of hydrogen-bond donors (Lipinski definition) is 2. The van der Waals surface area contributed by atoms with Crippen LogP contribution >= 0.6 is 15.9 Å². The van der Waals surface area contributed by atoms with E-state index in [1.54, 1.807) is 6.07 Å². The Bertz CT molecular complexity index is 417. The third-order valence-electron chi connectivity index (χ3n) is 2.50. The molecule has 0 aromatic heterocycles. The first kappa shape index (κ1) is 14.0. The van der Waals surface area contributed by atoms with Gasteiger partial charge in [-0.1, -0.05) is 15.9 Å². The first-order valence-electron chi connectivity index (χ1n) is 5.19. The highest BCUT2D eigenvalue weighted by Gasteiger charge is 2.16. The second-order valence-corrected chi connectivity index (χ2v) is 4.65. The zero-order chi connectivity index (χ0) is 13.0. The van der Waals surface area contributed by atoms with Gasteiger partial charge < -0.3 is 14.9 Å². The second-order valence-electron chi connectivity index (χ2n) is 3.79. The highest BCUT2D eigenvalue weighted by Crippen LogP contribution is 2.33. The van der Waals surface area contributed by atoms with E-state index >= 15 is 0 Å². The van der Waals surface area contributed by atoms with E-state index < -0.39 is 12.1 Å². The molecule has 0 spiro atoms. The van der Waals surface area contributed by atoms with Crippen molar-refractivity contribution < 1.29 is 19.7 Å². The molecule has 0 fully saturated rings. The fraction of sp³-hybridized carbons (Fsp3) is 0.417. The van der Waals surface area contributed by atoms with Crippen molar-refractivity contribution in [1.82, 2.24) is 0 Å². The topological polar surface area (TPSA) is 66.8 Å². The Morgan fingerprint density at radius 1 is 1.53 bits per heavy atom. The molecule has 0 heterocycles. The van der Waals surface area contributed by atoms with Crippen molar-refractivity contribution in [2.75, 3.05) is 7.11 Å². The van der Waals surface area contributed by atoms with Crippen LogP contribution in [0.1, 0.15) is 30.1 Å². The molecule has 0 aliphatic rings. The third kappa shape index (κ3) is 3.71. The summed E-state index contributed by atoms with van der Waals surface area (Å²) in [6.45, 7) is 1.92. The molecule has 1 aromatic rings. The summed E-state index contributed by atoms with van der Waals surface area (Å²) in [5.41, 5.74) is 1.60. The van der Waals surface area contributed by atoms with Crippen molar-refractivity contribution in [3.63, 3.8) is 0 Å². The smallest absolute Gasteiger partial charge is 0.303 e. The lowest BCUT2D eigenvalue weighted by Gasteiger charge is -2.15. The lowest BCUT2D eigenvalue weighted by molar-refractivity contribution is -0.137. The maximum atomic E-state index is 10.5. The molecule has 0 bridgehead atoms. The minimum atomic E-state index is -0.922. The summed E-state index contributed by atoms with van der Waals surface area (Å²) in [7, 11) is 1.52. The van der Waals surface area contributed by atoms with Gasteiger partial charge >= 0.3 is 5.97 Å². The fourth-order valence-electron chi connectivity index (χ4n) is 1.52. The lowest BCUT2D eigenvalue weighted by atomic mass is 10.0. The molecule has 0 aliphatic carbocycles. The molecule has 94 valence electrons. The van der Waals surface area contributed by atoms with E-state index in [1.807, 2.05) is 13.0 Å². The number of halogens is 1. The van der Waals surface area contributed by atoms with Gasteiger partial charge in [-0.05, 0) is 31.0 Å². The molecule has 1 rings (SSSR count). The van der Waals surface area contributed by atoms with Crippen LogP contribution in [-0.2, 0) is 4.79 Å². The zero-order valence-corrected chi connectivity index (χ0v) is 11.3. The minimum Gasteiger partial charge on any atom is -0.496 e. The van der Waals surface area contributed by atoms with Gasteiger partial charge in [0.15, 0.2) is 0 Å². The van der Waals surface area contributed by atoms with Crippen molar-refractivity contribution in [2.45, 2.75) is 25.9 Å². The van der Waals surface area contributed by atoms with E-state index in [9.17, 15) is 9.90 Å². The number of aliphatic hydroxyl groups is 1. The summed E-state index contributed by atoms with van der Waals surface area (Å²) in [4.78, 5) is 10.5. The van der Waals surface area contributed by atoms with Crippen LogP contribution in [0.2, 0.25) is 0 Å². The molecule has 0 saturated heterocycles. The SMILES string of the molecule is COc1cc(C)c(Br)cc1C(O)CCC(=O)O. The van der Waals surface area contributed by atoms with E-state index in [-0.39, 0.29) is 12.8 Å². The summed E-state index contributed by atoms with van der Waals surface area (Å²) in [6.07, 6.45) is -0.741. The Morgan fingerprint density at radius 2 is 2.18 bits per heavy atom. The van der Waals surface area contributed by atoms with Gasteiger partial charge in [-0.3, -0.25) is 4.79 Å². The van der Waals surface area contributed by atoms with Gasteiger partial charge in [0, 0.05) is 16.5 Å². The molecular formula is C12H15BrO4. The average molecular weight is 303 g/mol. The van der Waals surface area contributed by atoms with Crippen LogP contribution in [0.25, 0.3) is 0 Å². The second kappa shape index (κ2) is 6.02. The Kier molecular flexibility index (Phi) is 4.96. The molecule has 1 atom stereocenters. The van der Waals surface area contributed by atoms with Crippen molar-refractivity contribution in [1.29, 1.82) is 0 Å². The van der Waals surface area contributed by atoms with E-state index in [0.717, 1.165) is 10.0 Å². The van der Waals surface area contributed by atoms with Gasteiger partial charge in [0.1, 0.15) is 5.75 Å². The number of ether oxygens (including phenoxy) is 1. The minimum absolute atomic E-state index is 0.0736. The monoisotopic (exact) mass is 302 g/mol. The van der Waals surface area contributed by atoms with Crippen molar-refractivity contribution >= 4 is 21.9 Å². The molecule has 0 radical (unpaired) electrons. The molecule has 0 aliphatic heterocycles. The highest BCUT2D eigenvalue weighted by molar-refractivity contribution is 9.10. The quantitative estimate of drug-likeness (QED) is 0.877. The molecule has 0 saturated carbocycles. The van der Waals surface area contributed by atoms with Gasteiger partial charge in [0.25, 0.3) is 0 Å². The number of methoxy groups -OCH3 is 1. The summed E-state index contributed by atoms with van der Waals surface area (Å²) in [6, 6.07) is 3.57. The molecule has 1 unspecified atom stereocenters. The van der Waals surface area contributed by atoms with E-state index in [0.29, 0.717) is 11.3 Å². The molecule has 4 nitrogen and oxygen atoms in total. The van der Waals surface area contributed by atoms with Gasteiger partial charge in [-0.25, -0.2) is 0 Å². The standard InChI is InChI=1S/C12H15BrO4/c1-7-5-11(17-2)8(6-9(7)13)10(14)3-4-12(15)16/h5-6,10,14H,3-4H2,1-2H3,(H,15,16). The van der Waals surface area contributed by atoms with Crippen LogP contribution in [-0.4, -0.2) is 23.3 Å². The Balaban J connectivity index is 2.95. The van der Waals surface area contributed by atoms with Crippen LogP contribution < -0.4 is 4.74 Å². The Morgan fingerprint density at radius 3 is 2.71 bits per heavy atom. The predicted octanol–water partition coefficient (Wildman–Crippen LogP) is 2.66. The van der Waals surface area contributed by atoms with Gasteiger partial charge in [0.2, 0.25) is 0 Å². The lowest BCUT2D eigenvalue weighted by Crippen LogP contribution is -2.04. The number of benzene rings is 1. The van der Waals surface area contributed by atoms with Gasteiger partial charge in [-0.2, -0.15) is 0 Å². The summed E-state index contributed by atoms with van der Waals surface area (Å²) >= 11 is 3.37. The number of aliphatic hydroxyl groups excluding tert-OH is 1. The van der Waals surface area contributed by atoms with Crippen LogP contribution in [0, 0.1) is 6.92 Å². The zero-order valence-electron chi connectivity index (χ0n) is 9.74. The molecule has 2 N–H and O–H groups in total. The number of rotatable bonds is 5. The number of aryl methyl sites for hydroxylation is 1. The maximum Gasteiger partial charge on any atom is 0.303 e. The summed E-state index contributed by atoms with van der Waals surface area (Å²) < 4.78 is 6.04. The van der Waals surface area contributed by atoms with Crippen LogP contribution in [0.4, 0.5) is 0 Å². The number of hydrogen-bond acceptors (Lipinski definition) is 3. The third-order valence-corrected chi connectivity index (χ3v) is 3.36. The van der Waals surface area contributed by atoms with Crippen molar-refractivity contribution in [3.8, 4) is 5.75 Å². The summed E-state index contributed by atoms with van der Waals surface area (Å²) in [5, 5.41) is 18.5. The molecule has 0 amide bonds. The van der Waals surface area contributed by atoms with Gasteiger partial charge in [0.05, 0.1) is 13.2 Å². The highest BCUT2D eigenvalue weighted by atomic mass is 79.9. The first-order chi connectivity index (χ1) is 7.95. The van der Waals surface area contributed by atoms with Crippen molar-refractivity contribution in [2.24, 2.45) is 0 Å². The molecule has 17 heavy (non-hydrogen) atoms. The summed E-state index contributed by atoms with van der Waals surface area (Å²) in [5.74, 6) is -0.349. The number of aliphatic carboxylic acids is 1. The van der Waals surface area contributed by atoms with Crippen LogP contribution in [0.3, 0.4) is 0 Å². The van der Waals surface area contributed by atoms with E-state index in [1.165, 1.54) is 7.11 Å². The number of carboxylic acids is 1.